The van der Waals surface area contributed by atoms with Crippen LogP contribution < -0.4 is 10.5 Å². The maximum Gasteiger partial charge on any atom is 0.338 e. The van der Waals surface area contributed by atoms with Crippen LogP contribution in [-0.2, 0) is 20.5 Å². The van der Waals surface area contributed by atoms with Crippen molar-refractivity contribution >= 4 is 28.4 Å². The van der Waals surface area contributed by atoms with E-state index >= 15 is 0 Å². The van der Waals surface area contributed by atoms with Crippen molar-refractivity contribution in [1.82, 2.24) is 4.72 Å². The molecule has 0 aliphatic rings. The fourth-order valence-corrected chi connectivity index (χ4v) is 3.66. The molecule has 0 amide bonds. The number of sulfonamides is 1. The molecule has 1 atom stereocenters. The summed E-state index contributed by atoms with van der Waals surface area (Å²) in [6.45, 7) is 4.24. The molecule has 1 aromatic rings. The molecule has 23 heavy (non-hydrogen) atoms. The van der Waals surface area contributed by atoms with Crippen LogP contribution in [0.5, 0.6) is 0 Å². The molecular weight excluding hydrogens is 340 g/mol. The van der Waals surface area contributed by atoms with Crippen LogP contribution in [0.15, 0.2) is 24.3 Å². The lowest BCUT2D eigenvalue weighted by Crippen LogP contribution is -2.41. The number of methoxy groups -OCH3 is 1. The second-order valence-electron chi connectivity index (χ2n) is 5.59. The van der Waals surface area contributed by atoms with E-state index in [1.807, 2.05) is 13.8 Å². The van der Waals surface area contributed by atoms with E-state index in [1.54, 1.807) is 24.3 Å². The third-order valence-electron chi connectivity index (χ3n) is 3.15. The molecule has 1 aromatic carbocycles. The number of benzene rings is 1. The number of carbonyl (C=O) groups is 1. The van der Waals surface area contributed by atoms with Gasteiger partial charge in [0.1, 0.15) is 0 Å². The molecule has 1 unspecified atom stereocenters. The second-order valence-corrected chi connectivity index (χ2v) is 7.34. The summed E-state index contributed by atoms with van der Waals surface area (Å²) in [5.74, 6) is -0.505. The molecule has 132 valence electrons. The molecule has 1 rings (SSSR count). The summed E-state index contributed by atoms with van der Waals surface area (Å²) in [6, 6.07) is 6.19. The van der Waals surface area contributed by atoms with Gasteiger partial charge in [0.15, 0.2) is 0 Å². The summed E-state index contributed by atoms with van der Waals surface area (Å²) in [6.07, 6.45) is 0.661. The van der Waals surface area contributed by atoms with Gasteiger partial charge in [0.2, 0.25) is 10.0 Å². The van der Waals surface area contributed by atoms with E-state index in [1.165, 1.54) is 7.11 Å². The van der Waals surface area contributed by atoms with Crippen LogP contribution >= 0.6 is 12.4 Å². The summed E-state index contributed by atoms with van der Waals surface area (Å²) >= 11 is 0. The normalized spacial score (nSPS) is 12.6. The zero-order valence-corrected chi connectivity index (χ0v) is 15.2. The molecule has 0 aliphatic carbocycles. The average molecular weight is 365 g/mol. The fourth-order valence-electron chi connectivity index (χ4n) is 2.22. The highest BCUT2D eigenvalue weighted by molar-refractivity contribution is 7.88. The number of ether oxygens (including phenoxy) is 1. The standard InChI is InChI=1S/C15H24N2O4S.ClH/c1-11(2)8-13(9-16)17-22(19,20)10-12-6-4-5-7-14(12)15(18)21-3;/h4-7,11,13,17H,8-10,16H2,1-3H3;1H. The minimum atomic E-state index is -3.59. The molecule has 3 N–H and O–H groups in total. The third-order valence-corrected chi connectivity index (χ3v) is 4.54. The maximum atomic E-state index is 12.3. The van der Waals surface area contributed by atoms with E-state index in [4.69, 9.17) is 5.73 Å². The van der Waals surface area contributed by atoms with Crippen LogP contribution in [-0.4, -0.2) is 34.1 Å². The largest absolute Gasteiger partial charge is 0.465 e. The third kappa shape index (κ3) is 7.30. The number of halogens is 1. The quantitative estimate of drug-likeness (QED) is 0.684. The van der Waals surface area contributed by atoms with Gasteiger partial charge in [-0.15, -0.1) is 12.4 Å². The molecule has 0 fully saturated rings. The van der Waals surface area contributed by atoms with Crippen LogP contribution in [0.2, 0.25) is 0 Å². The molecule has 0 aliphatic heterocycles. The summed E-state index contributed by atoms with van der Waals surface area (Å²) in [4.78, 5) is 11.7. The molecule has 0 bridgehead atoms. The van der Waals surface area contributed by atoms with Gasteiger partial charge >= 0.3 is 5.97 Å². The first kappa shape index (κ1) is 21.9. The van der Waals surface area contributed by atoms with E-state index in [-0.39, 0.29) is 36.3 Å². The molecule has 8 heteroatoms. The van der Waals surface area contributed by atoms with Gasteiger partial charge in [-0.05, 0) is 24.0 Å². The highest BCUT2D eigenvalue weighted by Gasteiger charge is 2.21. The van der Waals surface area contributed by atoms with Gasteiger partial charge in [0.25, 0.3) is 0 Å². The highest BCUT2D eigenvalue weighted by atomic mass is 35.5. The van der Waals surface area contributed by atoms with Crippen molar-refractivity contribution < 1.29 is 17.9 Å². The number of nitrogens with one attached hydrogen (secondary N) is 1. The van der Waals surface area contributed by atoms with Crippen molar-refractivity contribution in [1.29, 1.82) is 0 Å². The Balaban J connectivity index is 0.00000484. The first-order valence-electron chi connectivity index (χ1n) is 7.15. The Labute approximate surface area is 144 Å². The lowest BCUT2D eigenvalue weighted by Gasteiger charge is -2.19. The minimum Gasteiger partial charge on any atom is -0.465 e. The SMILES string of the molecule is COC(=O)c1ccccc1CS(=O)(=O)NC(CN)CC(C)C.Cl. The lowest BCUT2D eigenvalue weighted by atomic mass is 10.1. The van der Waals surface area contributed by atoms with Gasteiger partial charge in [0.05, 0.1) is 18.4 Å². The smallest absolute Gasteiger partial charge is 0.338 e. The molecular formula is C15H25ClN2O4S. The van der Waals surface area contributed by atoms with Gasteiger partial charge < -0.3 is 10.5 Å². The van der Waals surface area contributed by atoms with E-state index in [0.29, 0.717) is 17.9 Å². The molecule has 0 saturated carbocycles. The van der Waals surface area contributed by atoms with Crippen molar-refractivity contribution in [2.45, 2.75) is 32.1 Å². The Morgan fingerprint density at radius 3 is 2.43 bits per heavy atom. The molecule has 0 spiro atoms. The van der Waals surface area contributed by atoms with Crippen LogP contribution in [0.4, 0.5) is 0 Å². The predicted molar refractivity (Wildman–Crippen MR) is 93.1 cm³/mol. The number of rotatable bonds is 8. The van der Waals surface area contributed by atoms with Gasteiger partial charge in [0, 0.05) is 12.6 Å². The summed E-state index contributed by atoms with van der Waals surface area (Å²) in [5.41, 5.74) is 6.28. The predicted octanol–water partition coefficient (Wildman–Crippen LogP) is 1.69. The monoisotopic (exact) mass is 364 g/mol. The van der Waals surface area contributed by atoms with E-state index in [0.717, 1.165) is 0 Å². The Morgan fingerprint density at radius 2 is 1.91 bits per heavy atom. The van der Waals surface area contributed by atoms with Crippen LogP contribution in [0.25, 0.3) is 0 Å². The highest BCUT2D eigenvalue weighted by Crippen LogP contribution is 2.14. The Bertz CT molecular complexity index is 605. The van der Waals surface area contributed by atoms with E-state index in [9.17, 15) is 13.2 Å². The van der Waals surface area contributed by atoms with Crippen LogP contribution in [0, 0.1) is 5.92 Å². The molecule has 0 saturated heterocycles. The zero-order chi connectivity index (χ0) is 16.8. The Hall–Kier alpha value is -1.15. The first-order valence-corrected chi connectivity index (χ1v) is 8.80. The van der Waals surface area contributed by atoms with Gasteiger partial charge in [-0.1, -0.05) is 32.0 Å². The average Bonchev–Trinajstić information content (AvgIpc) is 2.45. The first-order chi connectivity index (χ1) is 10.3. The maximum absolute atomic E-state index is 12.3. The topological polar surface area (TPSA) is 98.5 Å². The molecule has 0 radical (unpaired) electrons. The summed E-state index contributed by atoms with van der Waals surface area (Å²) < 4.78 is 31.9. The number of hydrogen-bond donors (Lipinski definition) is 2. The lowest BCUT2D eigenvalue weighted by molar-refractivity contribution is 0.0600. The number of nitrogens with two attached hydrogens (primary N) is 1. The molecule has 0 heterocycles. The molecule has 6 nitrogen and oxygen atoms in total. The van der Waals surface area contributed by atoms with Gasteiger partial charge in [-0.25, -0.2) is 17.9 Å². The number of carbonyl (C=O) groups excluding carboxylic acids is 1. The van der Waals surface area contributed by atoms with Crippen molar-refractivity contribution in [3.63, 3.8) is 0 Å². The van der Waals surface area contributed by atoms with Gasteiger partial charge in [-0.3, -0.25) is 0 Å². The fraction of sp³-hybridized carbons (Fsp3) is 0.533. The van der Waals surface area contributed by atoms with Crippen molar-refractivity contribution in [3.05, 3.63) is 35.4 Å². The number of hydrogen-bond acceptors (Lipinski definition) is 5. The zero-order valence-electron chi connectivity index (χ0n) is 13.6. The summed E-state index contributed by atoms with van der Waals surface area (Å²) in [7, 11) is -2.33. The number of esters is 1. The van der Waals surface area contributed by atoms with Gasteiger partial charge in [-0.2, -0.15) is 0 Å². The summed E-state index contributed by atoms with van der Waals surface area (Å²) in [5, 5.41) is 0. The minimum absolute atomic E-state index is 0. The van der Waals surface area contributed by atoms with Crippen LogP contribution in [0.1, 0.15) is 36.2 Å². The van der Waals surface area contributed by atoms with Crippen molar-refractivity contribution in [2.75, 3.05) is 13.7 Å². The van der Waals surface area contributed by atoms with Crippen LogP contribution in [0.3, 0.4) is 0 Å². The van der Waals surface area contributed by atoms with Crippen molar-refractivity contribution in [3.8, 4) is 0 Å². The van der Waals surface area contributed by atoms with E-state index < -0.39 is 16.0 Å². The Morgan fingerprint density at radius 1 is 1.30 bits per heavy atom. The Kier molecular flexibility index (Phi) is 9.38. The molecule has 0 aromatic heterocycles. The second kappa shape index (κ2) is 9.87. The van der Waals surface area contributed by atoms with Crippen molar-refractivity contribution in [2.24, 2.45) is 11.7 Å². The van der Waals surface area contributed by atoms with E-state index in [2.05, 4.69) is 9.46 Å².